The fourth-order valence-electron chi connectivity index (χ4n) is 3.60. The van der Waals surface area contributed by atoms with Crippen LogP contribution in [0.3, 0.4) is 0 Å². The van der Waals surface area contributed by atoms with Gasteiger partial charge < -0.3 is 14.4 Å². The summed E-state index contributed by atoms with van der Waals surface area (Å²) >= 11 is 0. The third kappa shape index (κ3) is 6.70. The van der Waals surface area contributed by atoms with Gasteiger partial charge in [-0.1, -0.05) is 37.3 Å². The molecule has 1 aromatic carbocycles. The second kappa shape index (κ2) is 9.78. The van der Waals surface area contributed by atoms with Crippen LogP contribution < -0.4 is 4.72 Å². The van der Waals surface area contributed by atoms with E-state index in [2.05, 4.69) is 4.72 Å². The van der Waals surface area contributed by atoms with E-state index >= 15 is 0 Å². The molecule has 1 N–H and O–H groups in total. The van der Waals surface area contributed by atoms with Gasteiger partial charge in [-0.15, -0.1) is 0 Å². The Balaban J connectivity index is 2.07. The van der Waals surface area contributed by atoms with Crippen LogP contribution in [-0.2, 0) is 30.0 Å². The van der Waals surface area contributed by atoms with E-state index in [0.29, 0.717) is 18.5 Å². The maximum Gasteiger partial charge on any atom is 0.410 e. The maximum absolute atomic E-state index is 12.7. The first-order valence-corrected chi connectivity index (χ1v) is 11.7. The number of nitrogens with one attached hydrogen (secondary N) is 1. The lowest BCUT2D eigenvalue weighted by Gasteiger charge is -2.34. The minimum Gasteiger partial charge on any atom is -0.444 e. The molecule has 9 heteroatoms. The summed E-state index contributed by atoms with van der Waals surface area (Å²) in [5.74, 6) is -1.74. The number of amides is 2. The van der Waals surface area contributed by atoms with Crippen LogP contribution in [0.1, 0.15) is 46.1 Å². The predicted molar refractivity (Wildman–Crippen MR) is 113 cm³/mol. The number of rotatable bonds is 7. The zero-order chi connectivity index (χ0) is 22.5. The Morgan fingerprint density at radius 2 is 1.87 bits per heavy atom. The number of benzene rings is 1. The highest BCUT2D eigenvalue weighted by Gasteiger charge is 2.41. The highest BCUT2D eigenvalue weighted by atomic mass is 32.2. The van der Waals surface area contributed by atoms with E-state index in [1.807, 2.05) is 0 Å². The van der Waals surface area contributed by atoms with E-state index in [0.717, 1.165) is 6.42 Å². The van der Waals surface area contributed by atoms with Gasteiger partial charge in [0, 0.05) is 13.7 Å². The summed E-state index contributed by atoms with van der Waals surface area (Å²) in [5, 5.41) is 0. The molecular formula is C21H32N2O6S. The highest BCUT2D eigenvalue weighted by molar-refractivity contribution is 7.89. The average Bonchev–Trinajstić information content (AvgIpc) is 3.10. The zero-order valence-electron chi connectivity index (χ0n) is 18.3. The van der Waals surface area contributed by atoms with E-state index in [1.165, 1.54) is 7.11 Å². The molecule has 0 unspecified atom stereocenters. The largest absolute Gasteiger partial charge is 0.444 e. The van der Waals surface area contributed by atoms with Crippen molar-refractivity contribution in [3.05, 3.63) is 35.9 Å². The monoisotopic (exact) mass is 440 g/mol. The Morgan fingerprint density at radius 3 is 2.43 bits per heavy atom. The molecule has 1 heterocycles. The Morgan fingerprint density at radius 1 is 1.23 bits per heavy atom. The van der Waals surface area contributed by atoms with Crippen molar-refractivity contribution < 1.29 is 27.5 Å². The molecule has 8 nitrogen and oxygen atoms in total. The molecule has 0 bridgehead atoms. The van der Waals surface area contributed by atoms with Gasteiger partial charge in [-0.2, -0.15) is 0 Å². The smallest absolute Gasteiger partial charge is 0.410 e. The van der Waals surface area contributed by atoms with E-state index < -0.39 is 39.6 Å². The standard InChI is InChI=1S/C21H32N2O6S/c1-15(19(24)22-30(26,27)14-16-10-7-6-8-11-16)18(28-5)17-12-9-13-23(17)20(25)29-21(2,3)4/h6-8,10-11,15,17-18H,9,12-14H2,1-5H3,(H,22,24)/t15-,17+,18-/m1/s1. The Hall–Kier alpha value is -2.13. The van der Waals surface area contributed by atoms with Crippen LogP contribution in [0.25, 0.3) is 0 Å². The van der Waals surface area contributed by atoms with Gasteiger partial charge in [0.15, 0.2) is 0 Å². The summed E-state index contributed by atoms with van der Waals surface area (Å²) in [7, 11) is -2.40. The van der Waals surface area contributed by atoms with Crippen molar-refractivity contribution in [1.29, 1.82) is 0 Å². The van der Waals surface area contributed by atoms with Crippen LogP contribution in [0.15, 0.2) is 30.3 Å². The molecule has 0 saturated carbocycles. The van der Waals surface area contributed by atoms with Gasteiger partial charge >= 0.3 is 6.09 Å². The van der Waals surface area contributed by atoms with Gasteiger partial charge in [0.05, 0.1) is 23.8 Å². The zero-order valence-corrected chi connectivity index (χ0v) is 19.1. The number of carbonyl (C=O) groups excluding carboxylic acids is 2. The summed E-state index contributed by atoms with van der Waals surface area (Å²) in [6.07, 6.45) is 0.277. The second-order valence-electron chi connectivity index (χ2n) is 8.58. The summed E-state index contributed by atoms with van der Waals surface area (Å²) < 4.78 is 38.0. The van der Waals surface area contributed by atoms with Crippen molar-refractivity contribution in [2.45, 2.75) is 64.0 Å². The first-order valence-electron chi connectivity index (χ1n) is 10.0. The van der Waals surface area contributed by atoms with Crippen LogP contribution in [0, 0.1) is 5.92 Å². The van der Waals surface area contributed by atoms with Crippen LogP contribution in [0.4, 0.5) is 4.79 Å². The molecule has 2 amide bonds. The molecule has 30 heavy (non-hydrogen) atoms. The molecule has 1 aliphatic heterocycles. The van der Waals surface area contributed by atoms with Gasteiger partial charge in [0.25, 0.3) is 0 Å². The number of ether oxygens (including phenoxy) is 2. The Bertz CT molecular complexity index is 835. The number of carbonyl (C=O) groups is 2. The second-order valence-corrected chi connectivity index (χ2v) is 10.3. The van der Waals surface area contributed by atoms with Crippen LogP contribution >= 0.6 is 0 Å². The van der Waals surface area contributed by atoms with Crippen LogP contribution in [-0.4, -0.2) is 56.7 Å². The lowest BCUT2D eigenvalue weighted by Crippen LogP contribution is -2.51. The lowest BCUT2D eigenvalue weighted by atomic mass is 9.95. The third-order valence-electron chi connectivity index (χ3n) is 4.94. The summed E-state index contributed by atoms with van der Waals surface area (Å²) in [6.45, 7) is 7.47. The number of hydrogen-bond acceptors (Lipinski definition) is 6. The SMILES string of the molecule is CO[C@H]([C@@H](C)C(=O)NS(=O)(=O)Cc1ccccc1)[C@@H]1CCCN1C(=O)OC(C)(C)C. The minimum atomic E-state index is -3.86. The fourth-order valence-corrected chi connectivity index (χ4v) is 4.80. The Kier molecular flexibility index (Phi) is 7.87. The first-order chi connectivity index (χ1) is 13.9. The van der Waals surface area contributed by atoms with Gasteiger partial charge in [-0.3, -0.25) is 9.52 Å². The molecule has 2 rings (SSSR count). The number of likely N-dealkylation sites (tertiary alicyclic amines) is 1. The van der Waals surface area contributed by atoms with E-state index in [4.69, 9.17) is 9.47 Å². The molecule has 1 saturated heterocycles. The fraction of sp³-hybridized carbons (Fsp3) is 0.619. The van der Waals surface area contributed by atoms with Crippen molar-refractivity contribution in [3.63, 3.8) is 0 Å². The normalized spacial score (nSPS) is 19.2. The van der Waals surface area contributed by atoms with Crippen molar-refractivity contribution in [2.75, 3.05) is 13.7 Å². The number of methoxy groups -OCH3 is 1. The molecular weight excluding hydrogens is 408 g/mol. The molecule has 3 atom stereocenters. The molecule has 0 aliphatic carbocycles. The van der Waals surface area contributed by atoms with Gasteiger partial charge in [-0.05, 0) is 39.2 Å². The molecule has 1 fully saturated rings. The molecule has 0 spiro atoms. The summed E-state index contributed by atoms with van der Waals surface area (Å²) in [6, 6.07) is 8.26. The number of hydrogen-bond donors (Lipinski definition) is 1. The highest BCUT2D eigenvalue weighted by Crippen LogP contribution is 2.28. The third-order valence-corrected chi connectivity index (χ3v) is 6.17. The van der Waals surface area contributed by atoms with E-state index in [-0.39, 0.29) is 11.8 Å². The summed E-state index contributed by atoms with van der Waals surface area (Å²) in [5.41, 5.74) is -0.0537. The van der Waals surface area contributed by atoms with E-state index in [9.17, 15) is 18.0 Å². The lowest BCUT2D eigenvalue weighted by molar-refractivity contribution is -0.128. The van der Waals surface area contributed by atoms with E-state index in [1.54, 1.807) is 62.9 Å². The molecule has 0 aromatic heterocycles. The summed E-state index contributed by atoms with van der Waals surface area (Å²) in [4.78, 5) is 26.8. The van der Waals surface area contributed by atoms with Crippen molar-refractivity contribution in [2.24, 2.45) is 5.92 Å². The van der Waals surface area contributed by atoms with Gasteiger partial charge in [-0.25, -0.2) is 13.2 Å². The van der Waals surface area contributed by atoms with Crippen molar-refractivity contribution in [3.8, 4) is 0 Å². The molecule has 0 radical (unpaired) electrons. The molecule has 1 aliphatic rings. The van der Waals surface area contributed by atoms with Crippen LogP contribution in [0.2, 0.25) is 0 Å². The first kappa shape index (κ1) is 24.1. The average molecular weight is 441 g/mol. The van der Waals surface area contributed by atoms with Crippen molar-refractivity contribution in [1.82, 2.24) is 9.62 Å². The minimum absolute atomic E-state index is 0.294. The molecule has 1 aromatic rings. The van der Waals surface area contributed by atoms with Crippen LogP contribution in [0.5, 0.6) is 0 Å². The number of sulfonamides is 1. The maximum atomic E-state index is 12.7. The Labute approximate surface area is 179 Å². The van der Waals surface area contributed by atoms with Crippen molar-refractivity contribution >= 4 is 22.0 Å². The van der Waals surface area contributed by atoms with Gasteiger partial charge in [0.1, 0.15) is 5.60 Å². The quantitative estimate of drug-likeness (QED) is 0.699. The molecule has 168 valence electrons. The predicted octanol–water partition coefficient (Wildman–Crippen LogP) is 2.68. The van der Waals surface area contributed by atoms with Gasteiger partial charge in [0.2, 0.25) is 15.9 Å². The number of nitrogens with zero attached hydrogens (tertiary/aromatic N) is 1. The topological polar surface area (TPSA) is 102 Å².